The van der Waals surface area contributed by atoms with E-state index in [1.807, 2.05) is 31.2 Å². The molecule has 1 heterocycles. The summed E-state index contributed by atoms with van der Waals surface area (Å²) in [7, 11) is 0. The number of phenols is 1. The molecule has 0 saturated heterocycles. The predicted molar refractivity (Wildman–Crippen MR) is 94.7 cm³/mol. The number of nitrogens with one attached hydrogen (secondary N) is 1. The molecule has 2 N–H and O–H groups in total. The molecule has 2 aromatic carbocycles. The summed E-state index contributed by atoms with van der Waals surface area (Å²) in [6, 6.07) is 13.7. The molecule has 3 rings (SSSR count). The quantitative estimate of drug-likeness (QED) is 0.564. The zero-order valence-electron chi connectivity index (χ0n) is 12.8. The fourth-order valence-corrected chi connectivity index (χ4v) is 2.53. The average Bonchev–Trinajstić information content (AvgIpc) is 2.57. The molecule has 3 aromatic rings. The van der Waals surface area contributed by atoms with E-state index < -0.39 is 0 Å². The van der Waals surface area contributed by atoms with E-state index in [0.29, 0.717) is 16.1 Å². The van der Waals surface area contributed by atoms with Crippen LogP contribution < -0.4 is 5.43 Å². The van der Waals surface area contributed by atoms with Gasteiger partial charge in [0.05, 0.1) is 17.3 Å². The molecule has 120 valence electrons. The summed E-state index contributed by atoms with van der Waals surface area (Å²) in [4.78, 5) is 16.8. The van der Waals surface area contributed by atoms with Crippen molar-refractivity contribution in [3.8, 4) is 5.75 Å². The van der Waals surface area contributed by atoms with Crippen molar-refractivity contribution in [1.82, 2.24) is 10.4 Å². The van der Waals surface area contributed by atoms with Crippen LogP contribution in [0.15, 0.2) is 53.6 Å². The highest BCUT2D eigenvalue weighted by Gasteiger charge is 2.11. The van der Waals surface area contributed by atoms with Gasteiger partial charge in [-0.2, -0.15) is 5.10 Å². The Bertz CT molecular complexity index is 954. The Hall–Kier alpha value is -2.92. The number of carbonyl (C=O) groups is 1. The van der Waals surface area contributed by atoms with E-state index in [1.54, 1.807) is 18.2 Å². The van der Waals surface area contributed by atoms with Crippen molar-refractivity contribution in [2.75, 3.05) is 0 Å². The minimum atomic E-state index is -0.352. The molecule has 1 aromatic heterocycles. The van der Waals surface area contributed by atoms with Gasteiger partial charge in [-0.15, -0.1) is 0 Å². The van der Waals surface area contributed by atoms with E-state index in [1.165, 1.54) is 12.3 Å². The summed E-state index contributed by atoms with van der Waals surface area (Å²) in [5.41, 5.74) is 4.86. The van der Waals surface area contributed by atoms with Crippen molar-refractivity contribution in [2.45, 2.75) is 6.92 Å². The van der Waals surface area contributed by atoms with E-state index in [-0.39, 0.29) is 11.7 Å². The molecule has 0 fully saturated rings. The minimum Gasteiger partial charge on any atom is -0.507 e. The number of nitrogens with zero attached hydrogens (tertiary/aromatic N) is 2. The van der Waals surface area contributed by atoms with Gasteiger partial charge in [0.25, 0.3) is 5.91 Å². The van der Waals surface area contributed by atoms with Gasteiger partial charge in [-0.05, 0) is 37.3 Å². The van der Waals surface area contributed by atoms with Gasteiger partial charge in [0.15, 0.2) is 0 Å². The van der Waals surface area contributed by atoms with Gasteiger partial charge < -0.3 is 5.11 Å². The summed E-state index contributed by atoms with van der Waals surface area (Å²) >= 11 is 5.87. The number of fused-ring (bicyclic) bond motifs is 1. The van der Waals surface area contributed by atoms with Crippen LogP contribution in [0.4, 0.5) is 0 Å². The lowest BCUT2D eigenvalue weighted by molar-refractivity contribution is 0.0956. The van der Waals surface area contributed by atoms with Crippen molar-refractivity contribution in [2.24, 2.45) is 5.10 Å². The smallest absolute Gasteiger partial charge is 0.272 e. The number of amides is 1. The van der Waals surface area contributed by atoms with Crippen LogP contribution in [0.3, 0.4) is 0 Å². The van der Waals surface area contributed by atoms with Crippen LogP contribution >= 0.6 is 11.6 Å². The summed E-state index contributed by atoms with van der Waals surface area (Å²) in [6.07, 6.45) is 1.34. The normalized spacial score (nSPS) is 11.1. The second-order valence-electron chi connectivity index (χ2n) is 5.23. The number of pyridine rings is 1. The second-order valence-corrected chi connectivity index (χ2v) is 5.67. The van der Waals surface area contributed by atoms with Gasteiger partial charge >= 0.3 is 0 Å². The van der Waals surface area contributed by atoms with Crippen LogP contribution in [-0.4, -0.2) is 22.2 Å². The Morgan fingerprint density at radius 3 is 2.88 bits per heavy atom. The lowest BCUT2D eigenvalue weighted by Crippen LogP contribution is -2.18. The number of aromatic nitrogens is 1. The maximum Gasteiger partial charge on any atom is 0.272 e. The molecule has 5 nitrogen and oxygen atoms in total. The number of rotatable bonds is 3. The number of para-hydroxylation sites is 1. The number of aromatic hydroxyl groups is 1. The van der Waals surface area contributed by atoms with Gasteiger partial charge in [-0.1, -0.05) is 29.8 Å². The van der Waals surface area contributed by atoms with Crippen molar-refractivity contribution < 1.29 is 9.90 Å². The van der Waals surface area contributed by atoms with E-state index in [2.05, 4.69) is 15.5 Å². The zero-order valence-corrected chi connectivity index (χ0v) is 13.6. The van der Waals surface area contributed by atoms with Crippen molar-refractivity contribution in [3.63, 3.8) is 0 Å². The zero-order chi connectivity index (χ0) is 17.1. The van der Waals surface area contributed by atoms with E-state index in [9.17, 15) is 9.90 Å². The number of carbonyl (C=O) groups excluding carboxylic acids is 1. The van der Waals surface area contributed by atoms with Crippen LogP contribution in [0.2, 0.25) is 5.02 Å². The van der Waals surface area contributed by atoms with Crippen LogP contribution in [-0.2, 0) is 0 Å². The van der Waals surface area contributed by atoms with Crippen LogP contribution in [0.25, 0.3) is 10.9 Å². The summed E-state index contributed by atoms with van der Waals surface area (Å²) in [6.45, 7) is 1.83. The first-order chi connectivity index (χ1) is 11.5. The molecule has 0 spiro atoms. The lowest BCUT2D eigenvalue weighted by Gasteiger charge is -2.06. The monoisotopic (exact) mass is 339 g/mol. The third kappa shape index (κ3) is 3.36. The molecule has 6 heteroatoms. The van der Waals surface area contributed by atoms with Crippen molar-refractivity contribution in [3.05, 3.63) is 70.4 Å². The SMILES string of the molecule is Cc1cc(C(=O)N/N=C/c2cc(Cl)ccc2O)c2ccccc2n1. The number of halogens is 1. The maximum atomic E-state index is 12.4. The van der Waals surface area contributed by atoms with E-state index in [0.717, 1.165) is 16.6 Å². The van der Waals surface area contributed by atoms with Gasteiger partial charge in [0.1, 0.15) is 5.75 Å². The molecular formula is C18H14ClN3O2. The third-order valence-corrected chi connectivity index (χ3v) is 3.68. The first-order valence-corrected chi connectivity index (χ1v) is 7.61. The first kappa shape index (κ1) is 16.0. The molecule has 24 heavy (non-hydrogen) atoms. The predicted octanol–water partition coefficient (Wildman–Crippen LogP) is 3.67. The molecule has 0 radical (unpaired) electrons. The second kappa shape index (κ2) is 6.68. The van der Waals surface area contributed by atoms with Gasteiger partial charge in [-0.3, -0.25) is 9.78 Å². The summed E-state index contributed by atoms with van der Waals surface area (Å²) < 4.78 is 0. The Labute approximate surface area is 143 Å². The molecular weight excluding hydrogens is 326 g/mol. The summed E-state index contributed by atoms with van der Waals surface area (Å²) in [5.74, 6) is -0.322. The third-order valence-electron chi connectivity index (χ3n) is 3.45. The molecule has 1 amide bonds. The largest absolute Gasteiger partial charge is 0.507 e. The van der Waals surface area contributed by atoms with Crippen molar-refractivity contribution >= 4 is 34.6 Å². The lowest BCUT2D eigenvalue weighted by atomic mass is 10.1. The Kier molecular flexibility index (Phi) is 4.44. The highest BCUT2D eigenvalue weighted by Crippen LogP contribution is 2.20. The highest BCUT2D eigenvalue weighted by molar-refractivity contribution is 6.30. The Balaban J connectivity index is 1.85. The summed E-state index contributed by atoms with van der Waals surface area (Å²) in [5, 5.41) is 14.8. The number of phenolic OH excluding ortho intramolecular Hbond substituents is 1. The van der Waals surface area contributed by atoms with Gasteiger partial charge in [0.2, 0.25) is 0 Å². The van der Waals surface area contributed by atoms with E-state index in [4.69, 9.17) is 11.6 Å². The molecule has 0 aliphatic rings. The number of hydrogen-bond donors (Lipinski definition) is 2. The maximum absolute atomic E-state index is 12.4. The number of benzene rings is 2. The van der Waals surface area contributed by atoms with Gasteiger partial charge in [0, 0.05) is 21.7 Å². The number of aryl methyl sites for hydroxylation is 1. The van der Waals surface area contributed by atoms with Crippen LogP contribution in [0, 0.1) is 6.92 Å². The Morgan fingerprint density at radius 1 is 1.25 bits per heavy atom. The van der Waals surface area contributed by atoms with Crippen molar-refractivity contribution in [1.29, 1.82) is 0 Å². The van der Waals surface area contributed by atoms with Crippen LogP contribution in [0.1, 0.15) is 21.6 Å². The first-order valence-electron chi connectivity index (χ1n) is 7.23. The molecule has 0 aliphatic carbocycles. The molecule has 0 atom stereocenters. The number of hydrogen-bond acceptors (Lipinski definition) is 4. The number of hydrazone groups is 1. The molecule has 0 aliphatic heterocycles. The average molecular weight is 340 g/mol. The molecule has 0 bridgehead atoms. The standard InChI is InChI=1S/C18H14ClN3O2/c1-11-8-15(14-4-2-3-5-16(14)21-11)18(24)22-20-10-12-9-13(19)6-7-17(12)23/h2-10,23H,1H3,(H,22,24)/b20-10+. The fraction of sp³-hybridized carbons (Fsp3) is 0.0556. The minimum absolute atomic E-state index is 0.0302. The fourth-order valence-electron chi connectivity index (χ4n) is 2.35. The Morgan fingerprint density at radius 2 is 2.04 bits per heavy atom. The molecule has 0 unspecified atom stereocenters. The van der Waals surface area contributed by atoms with Gasteiger partial charge in [-0.25, -0.2) is 5.43 Å². The van der Waals surface area contributed by atoms with Crippen LogP contribution in [0.5, 0.6) is 5.75 Å². The molecule has 0 saturated carbocycles. The van der Waals surface area contributed by atoms with E-state index >= 15 is 0 Å². The highest BCUT2D eigenvalue weighted by atomic mass is 35.5. The topological polar surface area (TPSA) is 74.6 Å².